The van der Waals surface area contributed by atoms with Gasteiger partial charge in [0.1, 0.15) is 46.5 Å². The van der Waals surface area contributed by atoms with E-state index in [1.54, 1.807) is 6.92 Å². The molecule has 0 aliphatic heterocycles. The maximum atomic E-state index is 11.9. The van der Waals surface area contributed by atoms with E-state index in [1.165, 1.54) is 15.6 Å². The van der Waals surface area contributed by atoms with Gasteiger partial charge >= 0.3 is 5.97 Å². The molecular weight excluding hydrogens is 1130 g/mol. The number of aromatic nitrogens is 8. The Morgan fingerprint density at radius 3 is 1.56 bits per heavy atom. The molecule has 0 saturated carbocycles. The number of nitrogens with one attached hydrogen (secondary N) is 3. The van der Waals surface area contributed by atoms with Crippen LogP contribution >= 0.6 is 11.3 Å². The van der Waals surface area contributed by atoms with Gasteiger partial charge in [-0.25, -0.2) is 14.6 Å². The molecule has 9 rings (SSSR count). The van der Waals surface area contributed by atoms with Gasteiger partial charge < -0.3 is 26.0 Å². The minimum absolute atomic E-state index is 0.0304. The van der Waals surface area contributed by atoms with Crippen molar-refractivity contribution < 1.29 is 9.90 Å². The molecule has 0 amide bonds. The molecule has 0 unspecified atom stereocenters. The van der Waals surface area contributed by atoms with Gasteiger partial charge in [-0.3, -0.25) is 4.79 Å². The molecule has 4 N–H and O–H groups in total. The molecule has 452 valence electrons. The first kappa shape index (κ1) is 63.0. The molecule has 0 radical (unpaired) electrons. The van der Waals surface area contributed by atoms with E-state index < -0.39 is 11.4 Å². The Hall–Kier alpha value is -10.5. The van der Waals surface area contributed by atoms with Crippen molar-refractivity contribution in [1.82, 2.24) is 39.7 Å². The van der Waals surface area contributed by atoms with Crippen LogP contribution in [0.4, 0.5) is 69.0 Å². The predicted molar refractivity (Wildman–Crippen MR) is 350 cm³/mol. The zero-order valence-corrected chi connectivity index (χ0v) is 54.1. The molecule has 22 heteroatoms. The van der Waals surface area contributed by atoms with Crippen molar-refractivity contribution in [2.75, 3.05) is 27.4 Å². The summed E-state index contributed by atoms with van der Waals surface area (Å²) in [5.41, 5.74) is 17.8. The summed E-state index contributed by atoms with van der Waals surface area (Å²) in [4.78, 5) is 24.2. The lowest BCUT2D eigenvalue weighted by Crippen LogP contribution is -2.23. The normalized spacial score (nSPS) is 11.5. The highest BCUT2D eigenvalue weighted by Crippen LogP contribution is 2.43. The van der Waals surface area contributed by atoms with Crippen molar-refractivity contribution in [3.63, 3.8) is 0 Å². The molecule has 0 aliphatic carbocycles. The molecule has 0 fully saturated rings. The summed E-state index contributed by atoms with van der Waals surface area (Å²) in [5, 5.41) is 90.5. The van der Waals surface area contributed by atoms with Gasteiger partial charge in [0.15, 0.2) is 23.3 Å². The standard InChI is InChI=1S/C67H71N19O2S/c1-34-21-38(5)53(39(6)22-34)72-61-49(31-69)47(14)57(63(75-61)74-55-42(9)25-36(3)26-43(55)10)77-78-60-48(30-68)33-85(83-60)65-80-81-66(89-65)86-64(50(32-70)59(82-86)67(15,16)17)79-76-56-44(11)29-51(71-62(56)73-54-40(7)23-35(2)24-41(54)8)84(20-18-19-52(87)88)58-45(12)27-37(4)28-46(58)13/h21-29,33H,18-20H2,1-17H3,(H,71,73)(H,87,88)(H2,72,74,75). The second kappa shape index (κ2) is 25.4. The number of carbonyl (C=O) groups is 1. The smallest absolute Gasteiger partial charge is 0.303 e. The highest BCUT2D eigenvalue weighted by Gasteiger charge is 2.31. The maximum absolute atomic E-state index is 11.9. The summed E-state index contributed by atoms with van der Waals surface area (Å²) >= 11 is 1.07. The number of anilines is 8. The minimum atomic E-state index is -0.889. The van der Waals surface area contributed by atoms with Crippen molar-refractivity contribution in [3.05, 3.63) is 161 Å². The average Bonchev–Trinajstić information content (AvgIpc) is 2.03. The van der Waals surface area contributed by atoms with Crippen LogP contribution in [0, 0.1) is 131 Å². The van der Waals surface area contributed by atoms with Gasteiger partial charge in [0.2, 0.25) is 16.1 Å². The second-order valence-corrected chi connectivity index (χ2v) is 24.8. The van der Waals surface area contributed by atoms with Crippen molar-refractivity contribution >= 4 is 86.3 Å². The largest absolute Gasteiger partial charge is 0.481 e. The third-order valence-corrected chi connectivity index (χ3v) is 16.1. The number of nitrogens with zero attached hydrogens (tertiary/aromatic N) is 16. The minimum Gasteiger partial charge on any atom is -0.481 e. The number of hydrogen-bond acceptors (Lipinski definition) is 19. The van der Waals surface area contributed by atoms with E-state index in [-0.39, 0.29) is 50.7 Å². The number of pyridine rings is 2. The lowest BCUT2D eigenvalue weighted by atomic mass is 9.90. The second-order valence-electron chi connectivity index (χ2n) is 23.9. The zero-order chi connectivity index (χ0) is 64.5. The average molecular weight is 1210 g/mol. The van der Waals surface area contributed by atoms with Crippen LogP contribution in [-0.4, -0.2) is 57.3 Å². The third-order valence-electron chi connectivity index (χ3n) is 15.2. The van der Waals surface area contributed by atoms with Crippen LogP contribution in [-0.2, 0) is 10.2 Å². The van der Waals surface area contributed by atoms with E-state index in [9.17, 15) is 25.7 Å². The molecule has 0 bridgehead atoms. The van der Waals surface area contributed by atoms with E-state index in [4.69, 9.17) is 25.3 Å². The molecule has 0 spiro atoms. The van der Waals surface area contributed by atoms with Crippen molar-refractivity contribution in [2.45, 2.75) is 136 Å². The van der Waals surface area contributed by atoms with E-state index in [2.05, 4.69) is 113 Å². The number of aliphatic carboxylic acids is 1. The number of carboxylic acid groups (broad SMARTS) is 1. The molecule has 0 aliphatic rings. The van der Waals surface area contributed by atoms with E-state index >= 15 is 0 Å². The van der Waals surface area contributed by atoms with Gasteiger partial charge in [0.05, 0.1) is 17.5 Å². The molecule has 21 nitrogen and oxygen atoms in total. The summed E-state index contributed by atoms with van der Waals surface area (Å²) in [6.45, 7) is 34.2. The SMILES string of the molecule is Cc1cc(C)c(Nc2nc(Nc3c(C)cc(C)cc3C)c(N=Nc3nn(-c4nnc(-n5nc(C(C)(C)C)c(C#N)c5N=Nc5c(C)cc(N(CCCC(=O)O)c6c(C)cc(C)cc6C)nc5Nc5c(C)cc(C)cc5C)s4)cc3C#N)c(C)c2C#N)c(C)c1. The molecule has 5 aromatic heterocycles. The monoisotopic (exact) mass is 1210 g/mol. The first-order valence-electron chi connectivity index (χ1n) is 29.0. The third kappa shape index (κ3) is 13.3. The Kier molecular flexibility index (Phi) is 18.0. The van der Waals surface area contributed by atoms with Crippen molar-refractivity contribution in [3.8, 4) is 28.5 Å². The zero-order valence-electron chi connectivity index (χ0n) is 53.3. The Balaban J connectivity index is 1.13. The van der Waals surface area contributed by atoms with Gasteiger partial charge in [-0.2, -0.15) is 25.6 Å². The molecule has 4 aromatic carbocycles. The number of rotatable bonds is 18. The summed E-state index contributed by atoms with van der Waals surface area (Å²) in [6.07, 6.45) is 1.79. The Labute approximate surface area is 522 Å². The van der Waals surface area contributed by atoms with Crippen LogP contribution < -0.4 is 20.9 Å². The van der Waals surface area contributed by atoms with Crippen LogP contribution in [0.3, 0.4) is 0 Å². The van der Waals surface area contributed by atoms with Crippen molar-refractivity contribution in [1.29, 1.82) is 15.8 Å². The molecule has 89 heavy (non-hydrogen) atoms. The highest BCUT2D eigenvalue weighted by atomic mass is 32.1. The summed E-state index contributed by atoms with van der Waals surface area (Å²) in [7, 11) is 0. The molecule has 5 heterocycles. The Morgan fingerprint density at radius 2 is 1.07 bits per heavy atom. The lowest BCUT2D eigenvalue weighted by Gasteiger charge is -2.29. The maximum Gasteiger partial charge on any atom is 0.303 e. The van der Waals surface area contributed by atoms with E-state index in [0.717, 1.165) is 101 Å². The number of nitriles is 3. The first-order chi connectivity index (χ1) is 42.2. The highest BCUT2D eigenvalue weighted by molar-refractivity contribution is 7.16. The summed E-state index contributed by atoms with van der Waals surface area (Å²) < 4.78 is 2.80. The van der Waals surface area contributed by atoms with Gasteiger partial charge in [-0.05, 0) is 159 Å². The number of azo groups is 2. The van der Waals surface area contributed by atoms with Gasteiger partial charge in [0.25, 0.3) is 0 Å². The number of aryl methyl sites for hydroxylation is 13. The summed E-state index contributed by atoms with van der Waals surface area (Å²) in [5.74, 6) is 0.759. The Bertz CT molecular complexity index is 4420. The van der Waals surface area contributed by atoms with Crippen LogP contribution in [0.1, 0.15) is 134 Å². The topological polar surface area (TPSA) is 285 Å². The van der Waals surface area contributed by atoms with Crippen molar-refractivity contribution in [2.24, 2.45) is 20.5 Å². The molecule has 9 aromatic rings. The molecule has 0 saturated heterocycles. The lowest BCUT2D eigenvalue weighted by molar-refractivity contribution is -0.137. The van der Waals surface area contributed by atoms with Gasteiger partial charge in [-0.1, -0.05) is 103 Å². The van der Waals surface area contributed by atoms with E-state index in [1.807, 2.05) is 117 Å². The quantitative estimate of drug-likeness (QED) is 0.0581. The van der Waals surface area contributed by atoms with Gasteiger partial charge in [-0.15, -0.1) is 35.8 Å². The first-order valence-corrected chi connectivity index (χ1v) is 29.8. The molecular formula is C67H71N19O2S. The van der Waals surface area contributed by atoms with Crippen LogP contribution in [0.5, 0.6) is 0 Å². The fraction of sp³-hybridized carbons (Fsp3) is 0.313. The van der Waals surface area contributed by atoms with E-state index in [0.29, 0.717) is 58.7 Å². The number of benzene rings is 4. The Morgan fingerprint density at radius 1 is 0.584 bits per heavy atom. The fourth-order valence-electron chi connectivity index (χ4n) is 11.4. The van der Waals surface area contributed by atoms with Crippen LogP contribution in [0.2, 0.25) is 0 Å². The summed E-state index contributed by atoms with van der Waals surface area (Å²) in [6, 6.07) is 25.4. The number of carboxylic acids is 1. The fourth-order valence-corrected chi connectivity index (χ4v) is 12.1. The number of hydrogen-bond donors (Lipinski definition) is 4. The van der Waals surface area contributed by atoms with Gasteiger partial charge in [0, 0.05) is 46.7 Å². The predicted octanol–water partition coefficient (Wildman–Crippen LogP) is 17.0. The molecule has 0 atom stereocenters. The van der Waals surface area contributed by atoms with Crippen LogP contribution in [0.25, 0.3) is 10.3 Å². The van der Waals surface area contributed by atoms with Crippen LogP contribution in [0.15, 0.2) is 81.3 Å².